The summed E-state index contributed by atoms with van der Waals surface area (Å²) in [5.41, 5.74) is -3.03. The molecule has 0 aromatic heterocycles. The lowest BCUT2D eigenvalue weighted by atomic mass is 9.87. The maximum atomic E-state index is 14.9. The van der Waals surface area contributed by atoms with Crippen LogP contribution in [-0.2, 0) is 11.0 Å². The third-order valence-electron chi connectivity index (χ3n) is 6.71. The van der Waals surface area contributed by atoms with E-state index in [1.54, 1.807) is 0 Å². The first-order valence-electron chi connectivity index (χ1n) is 11.4. The zero-order chi connectivity index (χ0) is 26.3. The Balaban J connectivity index is 1.86. The Morgan fingerprint density at radius 3 is 2.28 bits per heavy atom. The number of nitrogens with one attached hydrogen (secondary N) is 1. The number of anilines is 2. The molecule has 1 heterocycles. The fourth-order valence-corrected chi connectivity index (χ4v) is 5.44. The molecule has 2 fully saturated rings. The van der Waals surface area contributed by atoms with Crippen molar-refractivity contribution in [3.05, 3.63) is 58.9 Å². The van der Waals surface area contributed by atoms with Gasteiger partial charge in [0.05, 0.1) is 28.4 Å². The van der Waals surface area contributed by atoms with Gasteiger partial charge in [0, 0.05) is 12.7 Å². The van der Waals surface area contributed by atoms with E-state index in [1.165, 1.54) is 36.2 Å². The monoisotopic (exact) mass is 518 g/mol. The minimum Gasteiger partial charge on any atom is -0.355 e. The number of carbonyl (C=O) groups excluding carboxylic acids is 2. The van der Waals surface area contributed by atoms with Gasteiger partial charge in [-0.25, -0.2) is 4.39 Å². The molecular formula is C25H22F4N4O2S. The number of rotatable bonds is 3. The molecule has 2 amide bonds. The molecule has 2 aliphatic rings. The van der Waals surface area contributed by atoms with E-state index in [2.05, 4.69) is 5.32 Å². The zero-order valence-electron chi connectivity index (χ0n) is 19.3. The summed E-state index contributed by atoms with van der Waals surface area (Å²) in [5, 5.41) is 11.4. The maximum absolute atomic E-state index is 14.9. The van der Waals surface area contributed by atoms with Crippen molar-refractivity contribution in [2.45, 2.75) is 50.2 Å². The normalized spacial score (nSPS) is 17.8. The van der Waals surface area contributed by atoms with E-state index in [9.17, 15) is 27.2 Å². The van der Waals surface area contributed by atoms with E-state index >= 15 is 0 Å². The molecule has 1 spiro atoms. The highest BCUT2D eigenvalue weighted by Gasteiger charge is 2.56. The van der Waals surface area contributed by atoms with Gasteiger partial charge in [-0.2, -0.15) is 18.4 Å². The SMILES string of the molecule is CNC(=O)c1ccc(N2C(=S)N(c3ccc(C#N)c(C(F)(F)F)c3)C(=O)C23CCCCCC3)cc1F. The van der Waals surface area contributed by atoms with Gasteiger partial charge >= 0.3 is 6.18 Å². The molecule has 4 rings (SSSR count). The fourth-order valence-electron chi connectivity index (χ4n) is 4.98. The summed E-state index contributed by atoms with van der Waals surface area (Å²) in [6.07, 6.45) is -0.960. The summed E-state index contributed by atoms with van der Waals surface area (Å²) in [5.74, 6) is -1.94. The largest absolute Gasteiger partial charge is 0.417 e. The molecule has 1 aliphatic heterocycles. The van der Waals surface area contributed by atoms with Crippen LogP contribution in [-0.4, -0.2) is 29.5 Å². The number of hydrogen-bond acceptors (Lipinski definition) is 4. The van der Waals surface area contributed by atoms with Crippen molar-refractivity contribution in [3.63, 3.8) is 0 Å². The third kappa shape index (κ3) is 4.19. The Labute approximate surface area is 210 Å². The van der Waals surface area contributed by atoms with Crippen LogP contribution in [0.4, 0.5) is 28.9 Å². The van der Waals surface area contributed by atoms with E-state index in [0.29, 0.717) is 25.7 Å². The van der Waals surface area contributed by atoms with E-state index in [0.717, 1.165) is 35.9 Å². The molecule has 188 valence electrons. The molecule has 2 aromatic rings. The van der Waals surface area contributed by atoms with Gasteiger partial charge in [-0.3, -0.25) is 14.5 Å². The Kier molecular flexibility index (Phi) is 6.75. The molecule has 1 aliphatic carbocycles. The van der Waals surface area contributed by atoms with Crippen LogP contribution < -0.4 is 15.1 Å². The van der Waals surface area contributed by atoms with Crippen LogP contribution >= 0.6 is 12.2 Å². The Bertz CT molecular complexity index is 1280. The molecule has 11 heteroatoms. The summed E-state index contributed by atoms with van der Waals surface area (Å²) in [4.78, 5) is 28.5. The van der Waals surface area contributed by atoms with Crippen molar-refractivity contribution in [1.29, 1.82) is 5.26 Å². The summed E-state index contributed by atoms with van der Waals surface area (Å²) in [6, 6.07) is 8.40. The Hall–Kier alpha value is -3.52. The van der Waals surface area contributed by atoms with Gasteiger partial charge < -0.3 is 10.2 Å². The van der Waals surface area contributed by atoms with Crippen LogP contribution in [0.2, 0.25) is 0 Å². The lowest BCUT2D eigenvalue weighted by Crippen LogP contribution is -2.49. The molecule has 1 saturated carbocycles. The smallest absolute Gasteiger partial charge is 0.355 e. The average molecular weight is 519 g/mol. The first-order chi connectivity index (χ1) is 17.0. The average Bonchev–Trinajstić information content (AvgIpc) is 2.99. The van der Waals surface area contributed by atoms with Crippen LogP contribution in [0.25, 0.3) is 0 Å². The van der Waals surface area contributed by atoms with Gasteiger partial charge in [-0.05, 0) is 61.5 Å². The van der Waals surface area contributed by atoms with E-state index < -0.39 is 40.5 Å². The topological polar surface area (TPSA) is 76.4 Å². The minimum absolute atomic E-state index is 0.0909. The summed E-state index contributed by atoms with van der Waals surface area (Å²) < 4.78 is 55.8. The van der Waals surface area contributed by atoms with E-state index in [-0.39, 0.29) is 22.1 Å². The molecule has 1 N–H and O–H groups in total. The quantitative estimate of drug-likeness (QED) is 0.441. The van der Waals surface area contributed by atoms with Crippen LogP contribution in [0.15, 0.2) is 36.4 Å². The molecule has 0 bridgehead atoms. The van der Waals surface area contributed by atoms with Crippen molar-refractivity contribution in [2.75, 3.05) is 16.8 Å². The van der Waals surface area contributed by atoms with Crippen molar-refractivity contribution in [1.82, 2.24) is 5.32 Å². The van der Waals surface area contributed by atoms with Crippen molar-refractivity contribution in [2.24, 2.45) is 0 Å². The second-order valence-electron chi connectivity index (χ2n) is 8.79. The number of halogens is 4. The van der Waals surface area contributed by atoms with Gasteiger partial charge in [0.2, 0.25) is 0 Å². The molecule has 6 nitrogen and oxygen atoms in total. The van der Waals surface area contributed by atoms with Crippen molar-refractivity contribution < 1.29 is 27.2 Å². The standard InChI is InChI=1S/C25H22F4N4O2S/c1-31-21(34)18-9-8-17(13-20(18)26)33-23(36)32(22(35)24(33)10-4-2-3-5-11-24)16-7-6-15(14-30)19(12-16)25(27,28)29/h6-9,12-13H,2-5,10-11H2,1H3,(H,31,34). The number of amides is 2. The zero-order valence-corrected chi connectivity index (χ0v) is 20.1. The molecule has 1 saturated heterocycles. The predicted octanol–water partition coefficient (Wildman–Crippen LogP) is 5.31. The second-order valence-corrected chi connectivity index (χ2v) is 9.15. The summed E-state index contributed by atoms with van der Waals surface area (Å²) >= 11 is 5.63. The lowest BCUT2D eigenvalue weighted by Gasteiger charge is -2.35. The number of benzene rings is 2. The number of hydrogen-bond donors (Lipinski definition) is 1. The number of nitrogens with zero attached hydrogens (tertiary/aromatic N) is 3. The van der Waals surface area contributed by atoms with E-state index in [4.69, 9.17) is 17.5 Å². The second kappa shape index (κ2) is 9.50. The lowest BCUT2D eigenvalue weighted by molar-refractivity contribution is -0.137. The Morgan fingerprint density at radius 2 is 1.72 bits per heavy atom. The number of thiocarbonyl (C=S) groups is 1. The number of carbonyl (C=O) groups is 2. The van der Waals surface area contributed by atoms with Gasteiger partial charge in [-0.15, -0.1) is 0 Å². The van der Waals surface area contributed by atoms with Crippen LogP contribution in [0, 0.1) is 17.1 Å². The molecule has 2 aromatic carbocycles. The molecule has 0 radical (unpaired) electrons. The Morgan fingerprint density at radius 1 is 1.08 bits per heavy atom. The predicted molar refractivity (Wildman–Crippen MR) is 129 cm³/mol. The molecule has 0 atom stereocenters. The summed E-state index contributed by atoms with van der Waals surface area (Å²) in [7, 11) is 1.37. The highest BCUT2D eigenvalue weighted by molar-refractivity contribution is 7.81. The minimum atomic E-state index is -4.82. The third-order valence-corrected chi connectivity index (χ3v) is 7.08. The molecule has 36 heavy (non-hydrogen) atoms. The van der Waals surface area contributed by atoms with Gasteiger partial charge in [-0.1, -0.05) is 25.7 Å². The van der Waals surface area contributed by atoms with Crippen molar-refractivity contribution in [3.8, 4) is 6.07 Å². The van der Waals surface area contributed by atoms with Gasteiger partial charge in [0.1, 0.15) is 11.4 Å². The van der Waals surface area contributed by atoms with Gasteiger partial charge in [0.15, 0.2) is 5.11 Å². The highest BCUT2D eigenvalue weighted by atomic mass is 32.1. The molecular weight excluding hydrogens is 496 g/mol. The van der Waals surface area contributed by atoms with Crippen molar-refractivity contribution >= 4 is 40.5 Å². The van der Waals surface area contributed by atoms with Gasteiger partial charge in [0.25, 0.3) is 11.8 Å². The first-order valence-corrected chi connectivity index (χ1v) is 11.8. The van der Waals surface area contributed by atoms with Crippen LogP contribution in [0.1, 0.15) is 60.0 Å². The highest BCUT2D eigenvalue weighted by Crippen LogP contribution is 2.45. The fraction of sp³-hybridized carbons (Fsp3) is 0.360. The van der Waals surface area contributed by atoms with Crippen LogP contribution in [0.3, 0.4) is 0 Å². The number of alkyl halides is 3. The molecule has 0 unspecified atom stereocenters. The van der Waals surface area contributed by atoms with E-state index in [1.807, 2.05) is 0 Å². The van der Waals surface area contributed by atoms with Crippen LogP contribution in [0.5, 0.6) is 0 Å². The summed E-state index contributed by atoms with van der Waals surface area (Å²) in [6.45, 7) is 0. The maximum Gasteiger partial charge on any atom is 0.417 e. The number of nitriles is 1. The first kappa shape index (κ1) is 25.6.